The Bertz CT molecular complexity index is 1420. The van der Waals surface area contributed by atoms with Crippen molar-refractivity contribution >= 4 is 20.9 Å². The number of H-pyrrole nitrogens is 1. The van der Waals surface area contributed by atoms with Crippen LogP contribution in [0.15, 0.2) is 70.8 Å². The van der Waals surface area contributed by atoms with E-state index in [-0.39, 0.29) is 10.1 Å². The Balaban J connectivity index is 1.19. The van der Waals surface area contributed by atoms with Gasteiger partial charge in [0.15, 0.2) is 0 Å². The fraction of sp³-hybridized carbons (Fsp3) is 0.385. The average molecular weight is 492 g/mol. The lowest BCUT2D eigenvalue weighted by Crippen LogP contribution is -2.45. The number of fused-ring (bicyclic) bond motifs is 1. The number of hydrogen-bond acceptors (Lipinski definition) is 6. The SMILES string of the molecule is O=S(=O)(c1ccccc1)c1nc2ccc(-c3ccn(C4CCC(N5CCOCC5)CC4)n3)cc2[nH]1. The lowest BCUT2D eigenvalue weighted by atomic mass is 9.90. The zero-order valence-corrected chi connectivity index (χ0v) is 20.3. The number of rotatable bonds is 5. The minimum atomic E-state index is -3.70. The Kier molecular flexibility index (Phi) is 5.91. The Morgan fingerprint density at radius 1 is 0.914 bits per heavy atom. The summed E-state index contributed by atoms with van der Waals surface area (Å²) >= 11 is 0. The van der Waals surface area contributed by atoms with E-state index >= 15 is 0 Å². The van der Waals surface area contributed by atoms with Crippen molar-refractivity contribution in [2.45, 2.75) is 47.8 Å². The van der Waals surface area contributed by atoms with Crippen molar-refractivity contribution < 1.29 is 13.2 Å². The molecule has 0 radical (unpaired) electrons. The minimum Gasteiger partial charge on any atom is -0.379 e. The van der Waals surface area contributed by atoms with Gasteiger partial charge in [0, 0.05) is 30.9 Å². The first-order valence-electron chi connectivity index (χ1n) is 12.3. The van der Waals surface area contributed by atoms with Gasteiger partial charge in [-0.3, -0.25) is 9.58 Å². The molecule has 0 unspecified atom stereocenters. The Labute approximate surface area is 204 Å². The lowest BCUT2D eigenvalue weighted by Gasteiger charge is -2.38. The molecule has 2 fully saturated rings. The number of morpholine rings is 1. The van der Waals surface area contributed by atoms with E-state index in [1.165, 1.54) is 12.8 Å². The summed E-state index contributed by atoms with van der Waals surface area (Å²) in [6.07, 6.45) is 6.71. The molecule has 2 aromatic heterocycles. The van der Waals surface area contributed by atoms with Crippen LogP contribution in [0, 0.1) is 0 Å². The van der Waals surface area contributed by atoms with Crippen LogP contribution in [0.1, 0.15) is 31.7 Å². The molecular formula is C26H29N5O3S. The largest absolute Gasteiger partial charge is 0.379 e. The molecule has 35 heavy (non-hydrogen) atoms. The Morgan fingerprint density at radius 2 is 1.66 bits per heavy atom. The van der Waals surface area contributed by atoms with E-state index in [1.807, 2.05) is 24.3 Å². The second-order valence-electron chi connectivity index (χ2n) is 9.38. The van der Waals surface area contributed by atoms with Crippen molar-refractivity contribution in [1.82, 2.24) is 24.6 Å². The molecule has 0 atom stereocenters. The predicted octanol–water partition coefficient (Wildman–Crippen LogP) is 4.08. The quantitative estimate of drug-likeness (QED) is 0.452. The van der Waals surface area contributed by atoms with Gasteiger partial charge < -0.3 is 9.72 Å². The van der Waals surface area contributed by atoms with E-state index in [0.29, 0.717) is 23.1 Å². The van der Waals surface area contributed by atoms with Crippen LogP contribution in [0.5, 0.6) is 0 Å². The molecule has 8 nitrogen and oxygen atoms in total. The molecule has 1 saturated carbocycles. The third-order valence-electron chi connectivity index (χ3n) is 7.27. The highest BCUT2D eigenvalue weighted by molar-refractivity contribution is 7.91. The zero-order chi connectivity index (χ0) is 23.8. The number of hydrogen-bond donors (Lipinski definition) is 1. The van der Waals surface area contributed by atoms with E-state index in [1.54, 1.807) is 30.3 Å². The lowest BCUT2D eigenvalue weighted by molar-refractivity contribution is 0.00507. The molecule has 4 aromatic rings. The number of aromatic amines is 1. The predicted molar refractivity (Wildman–Crippen MR) is 133 cm³/mol. The maximum Gasteiger partial charge on any atom is 0.239 e. The van der Waals surface area contributed by atoms with Gasteiger partial charge >= 0.3 is 0 Å². The second-order valence-corrected chi connectivity index (χ2v) is 11.2. The van der Waals surface area contributed by atoms with Gasteiger partial charge in [-0.25, -0.2) is 13.4 Å². The normalized spacial score (nSPS) is 21.9. The smallest absolute Gasteiger partial charge is 0.239 e. The molecule has 2 aromatic carbocycles. The molecule has 1 aliphatic heterocycles. The van der Waals surface area contributed by atoms with Crippen molar-refractivity contribution in [1.29, 1.82) is 0 Å². The van der Waals surface area contributed by atoms with Crippen LogP contribution >= 0.6 is 0 Å². The summed E-state index contributed by atoms with van der Waals surface area (Å²) < 4.78 is 33.5. The first-order chi connectivity index (χ1) is 17.1. The third kappa shape index (κ3) is 4.39. The molecule has 0 spiro atoms. The van der Waals surface area contributed by atoms with Gasteiger partial charge in [-0.05, 0) is 56.0 Å². The van der Waals surface area contributed by atoms with Gasteiger partial charge in [-0.15, -0.1) is 0 Å². The number of ether oxygens (including phenoxy) is 1. The van der Waals surface area contributed by atoms with Crippen molar-refractivity contribution in [3.63, 3.8) is 0 Å². The van der Waals surface area contributed by atoms with Crippen LogP contribution in [0.3, 0.4) is 0 Å². The highest BCUT2D eigenvalue weighted by Crippen LogP contribution is 2.32. The van der Waals surface area contributed by atoms with Crippen molar-refractivity contribution in [2.75, 3.05) is 26.3 Å². The molecule has 1 saturated heterocycles. The molecule has 9 heteroatoms. The highest BCUT2D eigenvalue weighted by atomic mass is 32.2. The fourth-order valence-corrected chi connectivity index (χ4v) is 6.51. The van der Waals surface area contributed by atoms with Gasteiger partial charge in [0.2, 0.25) is 15.0 Å². The summed E-state index contributed by atoms with van der Waals surface area (Å²) in [7, 11) is -3.70. The van der Waals surface area contributed by atoms with Crippen molar-refractivity contribution in [2.24, 2.45) is 0 Å². The summed E-state index contributed by atoms with van der Waals surface area (Å²) in [5.41, 5.74) is 3.11. The third-order valence-corrected chi connectivity index (χ3v) is 8.87. The van der Waals surface area contributed by atoms with E-state index in [4.69, 9.17) is 9.84 Å². The van der Waals surface area contributed by atoms with Crippen LogP contribution in [-0.2, 0) is 14.6 Å². The second kappa shape index (κ2) is 9.22. The molecule has 2 aliphatic rings. The monoisotopic (exact) mass is 491 g/mol. The standard InChI is InChI=1S/C26H29N5O3S/c32-35(33,22-4-2-1-3-5-22)26-27-24-11-6-19(18-25(24)28-26)23-12-13-31(29-23)21-9-7-20(8-10-21)30-14-16-34-17-15-30/h1-6,11-13,18,20-21H,7-10,14-17H2,(H,27,28). The van der Waals surface area contributed by atoms with Crippen molar-refractivity contribution in [3.05, 3.63) is 60.8 Å². The number of benzene rings is 2. The maximum atomic E-state index is 12.9. The number of nitrogens with zero attached hydrogens (tertiary/aromatic N) is 4. The van der Waals surface area contributed by atoms with Crippen molar-refractivity contribution in [3.8, 4) is 11.3 Å². The Morgan fingerprint density at radius 3 is 2.43 bits per heavy atom. The molecule has 1 N–H and O–H groups in total. The number of imidazole rings is 1. The van der Waals surface area contributed by atoms with E-state index in [9.17, 15) is 8.42 Å². The topological polar surface area (TPSA) is 93.1 Å². The van der Waals surface area contributed by atoms with Gasteiger partial charge in [-0.2, -0.15) is 5.10 Å². The van der Waals surface area contributed by atoms with Crippen LogP contribution in [0.25, 0.3) is 22.3 Å². The van der Waals surface area contributed by atoms with Crippen LogP contribution in [0.4, 0.5) is 0 Å². The van der Waals surface area contributed by atoms with Crippen LogP contribution in [-0.4, -0.2) is 65.4 Å². The van der Waals surface area contributed by atoms with E-state index in [0.717, 1.165) is 50.4 Å². The molecule has 1 aliphatic carbocycles. The summed E-state index contributed by atoms with van der Waals surface area (Å²) in [6, 6.07) is 17.2. The molecule has 182 valence electrons. The summed E-state index contributed by atoms with van der Waals surface area (Å²) in [5, 5.41) is 4.84. The zero-order valence-electron chi connectivity index (χ0n) is 19.5. The molecule has 0 bridgehead atoms. The Hall–Kier alpha value is -3.01. The highest BCUT2D eigenvalue weighted by Gasteiger charge is 2.28. The summed E-state index contributed by atoms with van der Waals surface area (Å²) in [5.74, 6) is 0. The first kappa shape index (κ1) is 22.5. The fourth-order valence-electron chi connectivity index (χ4n) is 5.31. The molecular weight excluding hydrogens is 462 g/mol. The van der Waals surface area contributed by atoms with Crippen LogP contribution < -0.4 is 0 Å². The summed E-state index contributed by atoms with van der Waals surface area (Å²) in [4.78, 5) is 10.1. The first-order valence-corrected chi connectivity index (χ1v) is 13.7. The number of aromatic nitrogens is 4. The number of nitrogens with one attached hydrogen (secondary N) is 1. The summed E-state index contributed by atoms with van der Waals surface area (Å²) in [6.45, 7) is 3.79. The van der Waals surface area contributed by atoms with Gasteiger partial charge in [-0.1, -0.05) is 24.3 Å². The van der Waals surface area contributed by atoms with E-state index < -0.39 is 9.84 Å². The number of sulfone groups is 1. The van der Waals surface area contributed by atoms with E-state index in [2.05, 4.69) is 25.7 Å². The van der Waals surface area contributed by atoms with Gasteiger partial charge in [0.1, 0.15) is 0 Å². The molecule has 6 rings (SSSR count). The molecule has 3 heterocycles. The van der Waals surface area contributed by atoms with Gasteiger partial charge in [0.25, 0.3) is 0 Å². The van der Waals surface area contributed by atoms with Crippen LogP contribution in [0.2, 0.25) is 0 Å². The minimum absolute atomic E-state index is 0.0431. The van der Waals surface area contributed by atoms with Gasteiger partial charge in [0.05, 0.1) is 40.9 Å². The maximum absolute atomic E-state index is 12.9. The average Bonchev–Trinajstić information content (AvgIpc) is 3.58. The molecule has 0 amide bonds.